The molecule has 70 valence electrons. The summed E-state index contributed by atoms with van der Waals surface area (Å²) in [5.74, 6) is 3.14. The van der Waals surface area contributed by atoms with Gasteiger partial charge in [0, 0.05) is 5.92 Å². The molecule has 0 bridgehead atoms. The molecule has 1 aromatic rings. The van der Waals surface area contributed by atoms with Crippen LogP contribution in [0.1, 0.15) is 0 Å². The highest BCUT2D eigenvalue weighted by Gasteiger charge is 2.09. The van der Waals surface area contributed by atoms with E-state index < -0.39 is 0 Å². The molecule has 0 N–H and O–H groups in total. The van der Waals surface area contributed by atoms with E-state index in [9.17, 15) is 0 Å². The summed E-state index contributed by atoms with van der Waals surface area (Å²) in [6.07, 6.45) is 19.9. The summed E-state index contributed by atoms with van der Waals surface area (Å²) in [7, 11) is 0. The van der Waals surface area contributed by atoms with E-state index in [4.69, 9.17) is 6.42 Å². The average molecular weight is 185 g/mol. The topological polar surface area (TPSA) is 8.81 Å². The highest BCUT2D eigenvalue weighted by atomic mass is 15.1. The smallest absolute Gasteiger partial charge is 0.236 e. The monoisotopic (exact) mass is 185 g/mol. The fourth-order valence-corrected chi connectivity index (χ4v) is 1.59. The summed E-state index contributed by atoms with van der Waals surface area (Å²) >= 11 is 0. The molecule has 0 amide bonds. The Kier molecular flexibility index (Phi) is 2.51. The van der Waals surface area contributed by atoms with Crippen molar-refractivity contribution in [2.24, 2.45) is 5.92 Å². The minimum absolute atomic E-state index is 0.529. The van der Waals surface area contributed by atoms with Crippen LogP contribution in [0.25, 0.3) is 0 Å². The summed E-state index contributed by atoms with van der Waals surface area (Å²) in [6.45, 7) is 1.63. The van der Waals surface area contributed by atoms with Crippen molar-refractivity contribution in [1.29, 1.82) is 0 Å². The van der Waals surface area contributed by atoms with Crippen LogP contribution in [0.15, 0.2) is 43.0 Å². The second-order valence-corrected chi connectivity index (χ2v) is 3.42. The number of hydrogen-bond acceptors (Lipinski definition) is 0. The molecule has 0 aliphatic heterocycles. The first-order valence-electron chi connectivity index (χ1n) is 4.72. The average Bonchev–Trinajstić information content (AvgIpc) is 2.79. The van der Waals surface area contributed by atoms with Gasteiger partial charge in [-0.25, -0.2) is 9.13 Å². The van der Waals surface area contributed by atoms with Gasteiger partial charge in [-0.3, -0.25) is 0 Å². The first kappa shape index (κ1) is 8.83. The van der Waals surface area contributed by atoms with Crippen molar-refractivity contribution in [2.45, 2.75) is 13.1 Å². The molecular weight excluding hydrogens is 172 g/mol. The van der Waals surface area contributed by atoms with Crippen molar-refractivity contribution < 1.29 is 4.57 Å². The molecular formula is C12H13N2+. The van der Waals surface area contributed by atoms with Gasteiger partial charge in [-0.05, 0) is 0 Å². The largest absolute Gasteiger partial charge is 0.244 e. The minimum atomic E-state index is 0.529. The Bertz CT molecular complexity index is 392. The lowest BCUT2D eigenvalue weighted by Gasteiger charge is -1.99. The molecule has 1 aliphatic carbocycles. The predicted octanol–water partition coefficient (Wildman–Crippen LogP) is 1.15. The van der Waals surface area contributed by atoms with Gasteiger partial charge >= 0.3 is 0 Å². The van der Waals surface area contributed by atoms with E-state index in [1.54, 1.807) is 0 Å². The summed E-state index contributed by atoms with van der Waals surface area (Å²) in [5.41, 5.74) is 0. The predicted molar refractivity (Wildman–Crippen MR) is 55.2 cm³/mol. The maximum Gasteiger partial charge on any atom is 0.244 e. The van der Waals surface area contributed by atoms with E-state index in [0.717, 1.165) is 6.54 Å². The van der Waals surface area contributed by atoms with Crippen LogP contribution >= 0.6 is 0 Å². The summed E-state index contributed by atoms with van der Waals surface area (Å²) < 4.78 is 4.16. The van der Waals surface area contributed by atoms with Crippen LogP contribution in [0.5, 0.6) is 0 Å². The van der Waals surface area contributed by atoms with Crippen molar-refractivity contribution in [3.8, 4) is 12.3 Å². The zero-order valence-electron chi connectivity index (χ0n) is 8.00. The number of hydrogen-bond donors (Lipinski definition) is 0. The third-order valence-electron chi connectivity index (χ3n) is 2.27. The summed E-state index contributed by atoms with van der Waals surface area (Å²) in [4.78, 5) is 0. The van der Waals surface area contributed by atoms with Gasteiger partial charge in [0.25, 0.3) is 0 Å². The quantitative estimate of drug-likeness (QED) is 0.493. The lowest BCUT2D eigenvalue weighted by Crippen LogP contribution is -2.34. The maximum absolute atomic E-state index is 5.23. The van der Waals surface area contributed by atoms with E-state index in [0.29, 0.717) is 12.5 Å². The fourth-order valence-electron chi connectivity index (χ4n) is 1.59. The molecule has 14 heavy (non-hydrogen) atoms. The molecule has 1 aromatic heterocycles. The Labute approximate surface area is 84.2 Å². The minimum Gasteiger partial charge on any atom is -0.236 e. The van der Waals surface area contributed by atoms with Gasteiger partial charge in [-0.15, -0.1) is 6.42 Å². The first-order chi connectivity index (χ1) is 6.88. The molecule has 2 rings (SSSR count). The van der Waals surface area contributed by atoms with Gasteiger partial charge < -0.3 is 0 Å². The Morgan fingerprint density at radius 1 is 1.36 bits per heavy atom. The van der Waals surface area contributed by atoms with Crippen LogP contribution < -0.4 is 4.57 Å². The number of aromatic nitrogens is 2. The van der Waals surface area contributed by atoms with Gasteiger partial charge in [0.15, 0.2) is 6.54 Å². The first-order valence-corrected chi connectivity index (χ1v) is 4.72. The van der Waals surface area contributed by atoms with Crippen LogP contribution in [0.2, 0.25) is 0 Å². The van der Waals surface area contributed by atoms with Crippen LogP contribution in [0, 0.1) is 18.3 Å². The lowest BCUT2D eigenvalue weighted by molar-refractivity contribution is -0.699. The van der Waals surface area contributed by atoms with Crippen LogP contribution in [-0.2, 0) is 13.1 Å². The second-order valence-electron chi connectivity index (χ2n) is 3.42. The van der Waals surface area contributed by atoms with E-state index in [2.05, 4.69) is 41.0 Å². The number of terminal acetylenes is 1. The molecule has 0 saturated carbocycles. The van der Waals surface area contributed by atoms with Crippen molar-refractivity contribution in [2.75, 3.05) is 0 Å². The Morgan fingerprint density at radius 3 is 2.86 bits per heavy atom. The molecule has 0 atom stereocenters. The van der Waals surface area contributed by atoms with Crippen molar-refractivity contribution in [3.63, 3.8) is 0 Å². The molecule has 0 fully saturated rings. The molecule has 2 nitrogen and oxygen atoms in total. The van der Waals surface area contributed by atoms with Gasteiger partial charge in [-0.2, -0.15) is 0 Å². The zero-order chi connectivity index (χ0) is 9.80. The number of nitrogens with zero attached hydrogens (tertiary/aromatic N) is 2. The molecule has 0 aromatic carbocycles. The van der Waals surface area contributed by atoms with E-state index >= 15 is 0 Å². The number of allylic oxidation sites excluding steroid dienone is 4. The summed E-state index contributed by atoms with van der Waals surface area (Å²) in [5, 5.41) is 0. The van der Waals surface area contributed by atoms with Crippen LogP contribution in [-0.4, -0.2) is 4.57 Å². The SMILES string of the molecule is C#CCn1cc[n+](CC2C=CC=C2)c1. The fraction of sp³-hybridized carbons (Fsp3) is 0.250. The standard InChI is InChI=1S/C12H13N2/c1-2-7-13-8-9-14(11-13)10-12-5-3-4-6-12/h1,3-6,8-9,11-12H,7,10H2/q+1. The molecule has 0 radical (unpaired) electrons. The van der Waals surface area contributed by atoms with E-state index in [1.165, 1.54) is 0 Å². The van der Waals surface area contributed by atoms with Crippen molar-refractivity contribution in [1.82, 2.24) is 4.57 Å². The number of rotatable bonds is 3. The maximum atomic E-state index is 5.23. The summed E-state index contributed by atoms with van der Waals surface area (Å²) in [6, 6.07) is 0. The van der Waals surface area contributed by atoms with Crippen molar-refractivity contribution >= 4 is 0 Å². The van der Waals surface area contributed by atoms with Gasteiger partial charge in [0.05, 0.1) is 6.54 Å². The molecule has 2 heteroatoms. The van der Waals surface area contributed by atoms with E-state index in [1.807, 2.05) is 17.1 Å². The third kappa shape index (κ3) is 1.94. The third-order valence-corrected chi connectivity index (χ3v) is 2.27. The normalized spacial score (nSPS) is 14.8. The lowest BCUT2D eigenvalue weighted by atomic mass is 10.2. The molecule has 0 spiro atoms. The second kappa shape index (κ2) is 3.97. The zero-order valence-corrected chi connectivity index (χ0v) is 8.00. The van der Waals surface area contributed by atoms with Gasteiger partial charge in [0.1, 0.15) is 12.4 Å². The van der Waals surface area contributed by atoms with Gasteiger partial charge in [-0.1, -0.05) is 30.2 Å². The number of imidazole rings is 1. The molecule has 0 unspecified atom stereocenters. The Balaban J connectivity index is 2.00. The molecule has 1 heterocycles. The Morgan fingerprint density at radius 2 is 2.14 bits per heavy atom. The van der Waals surface area contributed by atoms with Gasteiger partial charge in [0.2, 0.25) is 6.33 Å². The molecule has 0 saturated heterocycles. The van der Waals surface area contributed by atoms with Crippen molar-refractivity contribution in [3.05, 3.63) is 43.0 Å². The highest BCUT2D eigenvalue weighted by Crippen LogP contribution is 2.07. The van der Waals surface area contributed by atoms with Crippen LogP contribution in [0.3, 0.4) is 0 Å². The van der Waals surface area contributed by atoms with Crippen LogP contribution in [0.4, 0.5) is 0 Å². The molecule has 1 aliphatic rings. The highest BCUT2D eigenvalue weighted by molar-refractivity contribution is 5.16. The van der Waals surface area contributed by atoms with E-state index in [-0.39, 0.29) is 0 Å². The Hall–Kier alpha value is -1.75.